The molecule has 1 saturated carbocycles. The molecule has 3 N–H and O–H groups in total. The summed E-state index contributed by atoms with van der Waals surface area (Å²) in [5, 5.41) is 0. The zero-order valence-corrected chi connectivity index (χ0v) is 12.5. The van der Waals surface area contributed by atoms with Crippen LogP contribution in [0.1, 0.15) is 26.2 Å². The molecule has 1 aliphatic carbocycles. The third kappa shape index (κ3) is 2.27. The van der Waals surface area contributed by atoms with Crippen molar-refractivity contribution >= 4 is 21.4 Å². The number of hydrogen-bond acceptors (Lipinski definition) is 4. The molecule has 110 valence electrons. The zero-order valence-electron chi connectivity index (χ0n) is 11.7. The van der Waals surface area contributed by atoms with Crippen molar-refractivity contribution in [3.8, 4) is 0 Å². The highest BCUT2D eigenvalue weighted by Crippen LogP contribution is 2.42. The topological polar surface area (TPSA) is 75.4 Å². The standard InChI is InChI=1S/C14H21N3O2S/c1-2-16-20(18,19)12-5-6-13(15)14(8-12)17-9-10-3-4-11(17)7-10/h5-6,8,10-11,16H,2-4,7,9,15H2,1H3. The molecule has 0 spiro atoms. The summed E-state index contributed by atoms with van der Waals surface area (Å²) in [6, 6.07) is 5.52. The second-order valence-corrected chi connectivity index (χ2v) is 7.47. The highest BCUT2D eigenvalue weighted by atomic mass is 32.2. The summed E-state index contributed by atoms with van der Waals surface area (Å²) in [4.78, 5) is 2.58. The number of anilines is 2. The molecule has 6 heteroatoms. The van der Waals surface area contributed by atoms with Crippen LogP contribution in [0, 0.1) is 5.92 Å². The molecule has 2 bridgehead atoms. The lowest BCUT2D eigenvalue weighted by Crippen LogP contribution is -2.32. The number of piperidine rings is 1. The Kier molecular flexibility index (Phi) is 3.38. The maximum Gasteiger partial charge on any atom is 0.240 e. The number of nitrogens with zero attached hydrogens (tertiary/aromatic N) is 1. The van der Waals surface area contributed by atoms with Crippen LogP contribution >= 0.6 is 0 Å². The molecule has 0 amide bonds. The Balaban J connectivity index is 1.95. The molecule has 2 atom stereocenters. The predicted molar refractivity (Wildman–Crippen MR) is 80.2 cm³/mol. The van der Waals surface area contributed by atoms with Crippen molar-refractivity contribution < 1.29 is 8.42 Å². The number of fused-ring (bicyclic) bond motifs is 2. The average molecular weight is 295 g/mol. The van der Waals surface area contributed by atoms with Crippen LogP contribution in [0.15, 0.2) is 23.1 Å². The third-order valence-electron chi connectivity index (χ3n) is 4.37. The number of nitrogen functional groups attached to an aromatic ring is 1. The Morgan fingerprint density at radius 3 is 2.80 bits per heavy atom. The molecule has 3 rings (SSSR count). The molecule has 1 aromatic carbocycles. The highest BCUT2D eigenvalue weighted by Gasteiger charge is 2.38. The largest absolute Gasteiger partial charge is 0.397 e. The normalized spacial score (nSPS) is 25.4. The Hall–Kier alpha value is -1.27. The quantitative estimate of drug-likeness (QED) is 0.827. The van der Waals surface area contributed by atoms with Crippen LogP contribution in [0.5, 0.6) is 0 Å². The van der Waals surface area contributed by atoms with Crippen LogP contribution in [0.4, 0.5) is 11.4 Å². The van der Waals surface area contributed by atoms with Crippen LogP contribution < -0.4 is 15.4 Å². The van der Waals surface area contributed by atoms with Gasteiger partial charge in [-0.3, -0.25) is 0 Å². The first kappa shape index (κ1) is 13.7. The van der Waals surface area contributed by atoms with Gasteiger partial charge in [0.05, 0.1) is 16.3 Å². The van der Waals surface area contributed by atoms with E-state index >= 15 is 0 Å². The molecule has 2 unspecified atom stereocenters. The van der Waals surface area contributed by atoms with Crippen LogP contribution in [0.25, 0.3) is 0 Å². The summed E-state index contributed by atoms with van der Waals surface area (Å²) in [6.07, 6.45) is 3.69. The van der Waals surface area contributed by atoms with Gasteiger partial charge in [0.15, 0.2) is 0 Å². The minimum absolute atomic E-state index is 0.298. The minimum atomic E-state index is -3.42. The predicted octanol–water partition coefficient (Wildman–Crippen LogP) is 1.56. The van der Waals surface area contributed by atoms with E-state index in [1.54, 1.807) is 25.1 Å². The van der Waals surface area contributed by atoms with Crippen LogP contribution in [0.2, 0.25) is 0 Å². The van der Waals surface area contributed by atoms with Crippen molar-refractivity contribution in [1.82, 2.24) is 4.72 Å². The van der Waals surface area contributed by atoms with Gasteiger partial charge in [0.25, 0.3) is 0 Å². The van der Waals surface area contributed by atoms with Gasteiger partial charge in [-0.15, -0.1) is 0 Å². The fraction of sp³-hybridized carbons (Fsp3) is 0.571. The van der Waals surface area contributed by atoms with Crippen molar-refractivity contribution in [1.29, 1.82) is 0 Å². The van der Waals surface area contributed by atoms with E-state index in [0.717, 1.165) is 18.2 Å². The third-order valence-corrected chi connectivity index (χ3v) is 5.91. The van der Waals surface area contributed by atoms with Gasteiger partial charge in [0.2, 0.25) is 10.0 Å². The molecule has 2 aliphatic rings. The van der Waals surface area contributed by atoms with Gasteiger partial charge in [0, 0.05) is 19.1 Å². The van der Waals surface area contributed by atoms with Gasteiger partial charge in [-0.2, -0.15) is 0 Å². The molecular formula is C14H21N3O2S. The van der Waals surface area contributed by atoms with Crippen molar-refractivity contribution in [2.24, 2.45) is 5.92 Å². The number of sulfonamides is 1. The number of nitrogens with one attached hydrogen (secondary N) is 1. The van der Waals surface area contributed by atoms with Crippen LogP contribution in [-0.4, -0.2) is 27.5 Å². The molecule has 5 nitrogen and oxygen atoms in total. The Bertz CT molecular complexity index is 615. The maximum absolute atomic E-state index is 12.1. The molecule has 1 aromatic rings. The van der Waals surface area contributed by atoms with Crippen molar-refractivity contribution in [3.63, 3.8) is 0 Å². The summed E-state index contributed by atoms with van der Waals surface area (Å²) in [6.45, 7) is 3.16. The Morgan fingerprint density at radius 2 is 2.20 bits per heavy atom. The number of rotatable bonds is 4. The molecule has 1 aliphatic heterocycles. The second kappa shape index (κ2) is 4.93. The van der Waals surface area contributed by atoms with Gasteiger partial charge < -0.3 is 10.6 Å². The summed E-state index contributed by atoms with van der Waals surface area (Å²) in [5.41, 5.74) is 7.59. The van der Waals surface area contributed by atoms with Crippen LogP contribution in [0.3, 0.4) is 0 Å². The molecule has 2 fully saturated rings. The SMILES string of the molecule is CCNS(=O)(=O)c1ccc(N)c(N2CC3CCC2C3)c1. The van der Waals surface area contributed by atoms with E-state index in [4.69, 9.17) is 5.73 Å². The van der Waals surface area contributed by atoms with E-state index in [1.807, 2.05) is 0 Å². The molecule has 0 aromatic heterocycles. The van der Waals surface area contributed by atoms with E-state index in [-0.39, 0.29) is 0 Å². The van der Waals surface area contributed by atoms with Gasteiger partial charge in [0.1, 0.15) is 0 Å². The fourth-order valence-electron chi connectivity index (χ4n) is 3.43. The van der Waals surface area contributed by atoms with Crippen molar-refractivity contribution in [2.75, 3.05) is 23.7 Å². The monoisotopic (exact) mass is 295 g/mol. The van der Waals surface area contributed by atoms with E-state index in [9.17, 15) is 8.42 Å². The minimum Gasteiger partial charge on any atom is -0.397 e. The van der Waals surface area contributed by atoms with Gasteiger partial charge >= 0.3 is 0 Å². The van der Waals surface area contributed by atoms with E-state index in [0.29, 0.717) is 23.2 Å². The van der Waals surface area contributed by atoms with E-state index in [2.05, 4.69) is 9.62 Å². The zero-order chi connectivity index (χ0) is 14.3. The van der Waals surface area contributed by atoms with Gasteiger partial charge in [-0.05, 0) is 43.4 Å². The van der Waals surface area contributed by atoms with E-state index in [1.165, 1.54) is 19.3 Å². The maximum atomic E-state index is 12.1. The first-order chi connectivity index (χ1) is 9.51. The van der Waals surface area contributed by atoms with Crippen molar-refractivity contribution in [2.45, 2.75) is 37.1 Å². The number of nitrogens with two attached hydrogens (primary N) is 1. The van der Waals surface area contributed by atoms with Gasteiger partial charge in [-0.25, -0.2) is 13.1 Å². The highest BCUT2D eigenvalue weighted by molar-refractivity contribution is 7.89. The molecule has 20 heavy (non-hydrogen) atoms. The van der Waals surface area contributed by atoms with Crippen LogP contribution in [-0.2, 0) is 10.0 Å². The van der Waals surface area contributed by atoms with E-state index < -0.39 is 10.0 Å². The second-order valence-electron chi connectivity index (χ2n) is 5.71. The smallest absolute Gasteiger partial charge is 0.240 e. The summed E-state index contributed by atoms with van der Waals surface area (Å²) >= 11 is 0. The lowest BCUT2D eigenvalue weighted by molar-refractivity contribution is 0.553. The Labute approximate surface area is 120 Å². The first-order valence-electron chi connectivity index (χ1n) is 7.17. The first-order valence-corrected chi connectivity index (χ1v) is 8.65. The number of benzene rings is 1. The lowest BCUT2D eigenvalue weighted by atomic mass is 10.1. The molecule has 1 heterocycles. The molecule has 1 saturated heterocycles. The fourth-order valence-corrected chi connectivity index (χ4v) is 4.49. The van der Waals surface area contributed by atoms with Gasteiger partial charge in [-0.1, -0.05) is 6.92 Å². The summed E-state index contributed by atoms with van der Waals surface area (Å²) < 4.78 is 26.7. The number of hydrogen-bond donors (Lipinski definition) is 2. The molecular weight excluding hydrogens is 274 g/mol. The summed E-state index contributed by atoms with van der Waals surface area (Å²) in [7, 11) is -3.42. The lowest BCUT2D eigenvalue weighted by Gasteiger charge is -2.30. The Morgan fingerprint density at radius 1 is 1.40 bits per heavy atom. The molecule has 0 radical (unpaired) electrons. The summed E-state index contributed by atoms with van der Waals surface area (Å²) in [5.74, 6) is 0.744. The average Bonchev–Trinajstić information content (AvgIpc) is 3.01. The van der Waals surface area contributed by atoms with Crippen molar-refractivity contribution in [3.05, 3.63) is 18.2 Å².